The second kappa shape index (κ2) is 9.80. The number of fused-ring (bicyclic) bond motifs is 5. The zero-order valence-corrected chi connectivity index (χ0v) is 23.1. The summed E-state index contributed by atoms with van der Waals surface area (Å²) in [5.41, 5.74) is -2.86. The summed E-state index contributed by atoms with van der Waals surface area (Å²) >= 11 is 0. The fourth-order valence-corrected chi connectivity index (χ4v) is 9.94. The molecule has 5 N–H and O–H groups in total. The van der Waals surface area contributed by atoms with Crippen LogP contribution in [0, 0.1) is 28.6 Å². The van der Waals surface area contributed by atoms with Crippen LogP contribution in [0.3, 0.4) is 0 Å². The van der Waals surface area contributed by atoms with Crippen molar-refractivity contribution in [3.05, 3.63) is 11.6 Å². The number of aliphatic hydroxyl groups excluding tert-OH is 3. The van der Waals surface area contributed by atoms with Gasteiger partial charge in [-0.15, -0.1) is 0 Å². The molecule has 0 aromatic rings. The van der Waals surface area contributed by atoms with Crippen LogP contribution < -0.4 is 0 Å². The van der Waals surface area contributed by atoms with Gasteiger partial charge in [0.05, 0.1) is 23.2 Å². The highest BCUT2D eigenvalue weighted by Gasteiger charge is 2.73. The van der Waals surface area contributed by atoms with Crippen molar-refractivity contribution < 1.29 is 54.4 Å². The first-order valence-electron chi connectivity index (χ1n) is 14.7. The molecular weight excluding hydrogens is 524 g/mol. The molecule has 0 amide bonds. The summed E-state index contributed by atoms with van der Waals surface area (Å²) < 4.78 is 16.9. The van der Waals surface area contributed by atoms with Gasteiger partial charge in [0.1, 0.15) is 36.8 Å². The fraction of sp³-hybridized carbons (Fsp3) is 0.862. The van der Waals surface area contributed by atoms with Crippen molar-refractivity contribution in [1.82, 2.24) is 0 Å². The Morgan fingerprint density at radius 2 is 1.75 bits per heavy atom. The van der Waals surface area contributed by atoms with Gasteiger partial charge in [-0.2, -0.15) is 0 Å². The summed E-state index contributed by atoms with van der Waals surface area (Å²) in [6.45, 7) is 3.95. The van der Waals surface area contributed by atoms with E-state index in [0.29, 0.717) is 44.9 Å². The van der Waals surface area contributed by atoms with Crippen LogP contribution in [0.5, 0.6) is 0 Å². The van der Waals surface area contributed by atoms with Crippen molar-refractivity contribution in [2.45, 2.75) is 120 Å². The lowest BCUT2D eigenvalue weighted by molar-refractivity contribution is -0.388. The predicted molar refractivity (Wildman–Crippen MR) is 136 cm³/mol. The Kier molecular flexibility index (Phi) is 7.03. The van der Waals surface area contributed by atoms with E-state index in [4.69, 9.17) is 19.1 Å². The maximum Gasteiger partial charge on any atom is 0.331 e. The third-order valence-electron chi connectivity index (χ3n) is 12.1. The van der Waals surface area contributed by atoms with Crippen molar-refractivity contribution in [3.8, 4) is 0 Å². The van der Waals surface area contributed by atoms with E-state index in [9.17, 15) is 35.3 Å². The Balaban J connectivity index is 1.24. The van der Waals surface area contributed by atoms with E-state index in [1.807, 2.05) is 0 Å². The van der Waals surface area contributed by atoms with Gasteiger partial charge in [-0.25, -0.2) is 9.68 Å². The average Bonchev–Trinajstić information content (AvgIpc) is 3.50. The number of rotatable bonds is 5. The maximum absolute atomic E-state index is 13.0. The molecule has 6 rings (SSSR count). The van der Waals surface area contributed by atoms with Gasteiger partial charge in [-0.05, 0) is 81.6 Å². The van der Waals surface area contributed by atoms with E-state index in [2.05, 4.69) is 6.92 Å². The topological polar surface area (TPSA) is 172 Å². The minimum atomic E-state index is -1.45. The first-order chi connectivity index (χ1) is 18.9. The molecule has 2 heterocycles. The molecule has 4 saturated carbocycles. The molecule has 0 spiro atoms. The molecule has 0 radical (unpaired) electrons. The van der Waals surface area contributed by atoms with Crippen LogP contribution in [0.25, 0.3) is 0 Å². The van der Waals surface area contributed by atoms with Crippen LogP contribution in [0.4, 0.5) is 0 Å². The van der Waals surface area contributed by atoms with Crippen LogP contribution in [-0.2, 0) is 28.7 Å². The second-order valence-corrected chi connectivity index (χ2v) is 13.5. The number of hydrogen-bond acceptors (Lipinski definition) is 11. The van der Waals surface area contributed by atoms with Crippen molar-refractivity contribution in [3.63, 3.8) is 0 Å². The smallest absolute Gasteiger partial charge is 0.331 e. The molecular formula is C29H42O11. The van der Waals surface area contributed by atoms with Gasteiger partial charge < -0.3 is 39.4 Å². The van der Waals surface area contributed by atoms with Crippen LogP contribution >= 0.6 is 0 Å². The molecule has 0 aromatic heterocycles. The van der Waals surface area contributed by atoms with Crippen molar-refractivity contribution >= 4 is 12.3 Å². The molecule has 6 aliphatic rings. The third kappa shape index (κ3) is 3.78. The van der Waals surface area contributed by atoms with Crippen LogP contribution in [0.15, 0.2) is 11.6 Å². The Morgan fingerprint density at radius 1 is 1.00 bits per heavy atom. The third-order valence-corrected chi connectivity index (χ3v) is 12.1. The molecule has 2 aliphatic heterocycles. The van der Waals surface area contributed by atoms with Crippen molar-refractivity contribution in [1.29, 1.82) is 0 Å². The molecule has 3 unspecified atom stereocenters. The molecule has 11 heteroatoms. The summed E-state index contributed by atoms with van der Waals surface area (Å²) in [6.07, 6.45) is 0.406. The Morgan fingerprint density at radius 3 is 2.42 bits per heavy atom. The van der Waals surface area contributed by atoms with E-state index >= 15 is 0 Å². The van der Waals surface area contributed by atoms with Crippen LogP contribution in [0.2, 0.25) is 0 Å². The number of aliphatic hydroxyl groups is 4. The highest BCUT2D eigenvalue weighted by molar-refractivity contribution is 5.85. The predicted octanol–water partition coefficient (Wildman–Crippen LogP) is 1.25. The number of carbonyl (C=O) groups is 2. The minimum absolute atomic E-state index is 0.0161. The molecule has 224 valence electrons. The van der Waals surface area contributed by atoms with Crippen molar-refractivity contribution in [2.24, 2.45) is 28.6 Å². The van der Waals surface area contributed by atoms with E-state index in [1.165, 1.54) is 0 Å². The van der Waals surface area contributed by atoms with Gasteiger partial charge in [-0.1, -0.05) is 6.92 Å². The molecule has 4 aliphatic carbocycles. The average molecular weight is 567 g/mol. The standard InChI is InChI=1S/C29H42O11/c1-15-22(32)23(33)24(34)25(38-15)39-17-3-8-27(14-30)19-4-7-26(2)18(16-11-21(31)37-13-16)6-10-29(26,40-36)20(19)5-9-28(27,35)12-17/h11,14-15,17-20,22-25,32-36H,3-10,12-13H2,1-2H3/t15-,17-,18+,19?,20?,22-,23+,24+,25?,26+,27-,28-,29-/m0/s1. The van der Waals surface area contributed by atoms with E-state index in [-0.39, 0.29) is 36.8 Å². The summed E-state index contributed by atoms with van der Waals surface area (Å²) in [6, 6.07) is 0. The number of cyclic esters (lactones) is 1. The van der Waals surface area contributed by atoms with E-state index in [1.54, 1.807) is 13.0 Å². The summed E-state index contributed by atoms with van der Waals surface area (Å²) in [7, 11) is 0. The monoisotopic (exact) mass is 566 g/mol. The van der Waals surface area contributed by atoms with Gasteiger partial charge in [0.25, 0.3) is 0 Å². The lowest BCUT2D eigenvalue weighted by Gasteiger charge is -2.65. The molecule has 0 bridgehead atoms. The second-order valence-electron chi connectivity index (χ2n) is 13.5. The SMILES string of the molecule is C[C@@H]1OC(O[C@H]2CC[C@]3(C=O)C4CC[C@]5(C)[C@@H](C6=CC(=O)OC6)CC[C@]5(OO)C4CC[C@]3(O)C2)[C@H](O)[C@H](O)[C@H]1O. The number of ether oxygens (including phenoxy) is 3. The molecule has 11 nitrogen and oxygen atoms in total. The zero-order chi connectivity index (χ0) is 28.7. The summed E-state index contributed by atoms with van der Waals surface area (Å²) in [5, 5.41) is 53.3. The lowest BCUT2D eigenvalue weighted by Crippen LogP contribution is -2.69. The van der Waals surface area contributed by atoms with Gasteiger partial charge in [-0.3, -0.25) is 5.26 Å². The van der Waals surface area contributed by atoms with Gasteiger partial charge in [0.2, 0.25) is 0 Å². The van der Waals surface area contributed by atoms with Crippen molar-refractivity contribution in [2.75, 3.05) is 6.61 Å². The maximum atomic E-state index is 13.0. The Hall–Kier alpha value is -1.44. The largest absolute Gasteiger partial charge is 0.458 e. The Bertz CT molecular complexity index is 1060. The van der Waals surface area contributed by atoms with Gasteiger partial charge >= 0.3 is 5.97 Å². The molecule has 13 atom stereocenters. The summed E-state index contributed by atoms with van der Waals surface area (Å²) in [4.78, 5) is 30.4. The molecule has 40 heavy (non-hydrogen) atoms. The molecule has 1 saturated heterocycles. The van der Waals surface area contributed by atoms with Crippen LogP contribution in [0.1, 0.15) is 71.6 Å². The first kappa shape index (κ1) is 28.7. The van der Waals surface area contributed by atoms with E-state index < -0.39 is 58.8 Å². The highest BCUT2D eigenvalue weighted by atomic mass is 17.1. The van der Waals surface area contributed by atoms with E-state index in [0.717, 1.165) is 18.3 Å². The minimum Gasteiger partial charge on any atom is -0.458 e. The molecule has 0 aromatic carbocycles. The summed E-state index contributed by atoms with van der Waals surface area (Å²) in [5.74, 6) is -0.707. The molecule has 5 fully saturated rings. The number of aldehydes is 1. The highest BCUT2D eigenvalue weighted by Crippen LogP contribution is 2.71. The Labute approximate surface area is 233 Å². The lowest BCUT2D eigenvalue weighted by atomic mass is 9.41. The fourth-order valence-electron chi connectivity index (χ4n) is 9.94. The first-order valence-corrected chi connectivity index (χ1v) is 14.7. The van der Waals surface area contributed by atoms with Gasteiger partial charge in [0, 0.05) is 17.9 Å². The number of hydrogen-bond donors (Lipinski definition) is 5. The van der Waals surface area contributed by atoms with Gasteiger partial charge in [0.15, 0.2) is 6.29 Å². The number of carbonyl (C=O) groups excluding carboxylic acids is 2. The van der Waals surface area contributed by atoms with Crippen LogP contribution in [-0.4, -0.2) is 92.6 Å². The quantitative estimate of drug-likeness (QED) is 0.107. The zero-order valence-electron chi connectivity index (χ0n) is 23.1. The number of esters is 1. The normalized spacial score (nSPS) is 54.1.